The van der Waals surface area contributed by atoms with Crippen molar-refractivity contribution in [3.05, 3.63) is 72.3 Å². The highest BCUT2D eigenvalue weighted by Crippen LogP contribution is 2.20. The average molecular weight is 402 g/mol. The number of aromatic nitrogens is 2. The van der Waals surface area contributed by atoms with Gasteiger partial charge in [-0.1, -0.05) is 36.4 Å². The maximum absolute atomic E-state index is 12.8. The standard InChI is InChI=1S/C23H22N4O3/c1-17(28)30-20-9-5-8-19(16-20)23(29)27-14-12-26(13-15-27)22-11-10-21(24-25-22)18-6-3-2-4-7-18/h2-11,16H,12-15H2,1H3. The molecule has 1 fully saturated rings. The number of carbonyl (C=O) groups is 2. The first kappa shape index (κ1) is 19.6. The Morgan fingerprint density at radius 2 is 1.63 bits per heavy atom. The first-order valence-corrected chi connectivity index (χ1v) is 9.82. The van der Waals surface area contributed by atoms with Gasteiger partial charge in [-0.05, 0) is 30.3 Å². The van der Waals surface area contributed by atoms with Crippen LogP contribution in [-0.2, 0) is 4.79 Å². The summed E-state index contributed by atoms with van der Waals surface area (Å²) in [6.45, 7) is 3.85. The summed E-state index contributed by atoms with van der Waals surface area (Å²) >= 11 is 0. The molecule has 1 aliphatic heterocycles. The number of carbonyl (C=O) groups excluding carboxylic acids is 2. The Balaban J connectivity index is 1.38. The molecule has 0 unspecified atom stereocenters. The minimum atomic E-state index is -0.410. The Bertz CT molecular complexity index is 1030. The average Bonchev–Trinajstić information content (AvgIpc) is 2.79. The molecule has 2 aromatic carbocycles. The first-order chi connectivity index (χ1) is 14.6. The summed E-state index contributed by atoms with van der Waals surface area (Å²) in [6.07, 6.45) is 0. The van der Waals surface area contributed by atoms with Gasteiger partial charge in [-0.2, -0.15) is 0 Å². The molecule has 0 N–H and O–H groups in total. The minimum Gasteiger partial charge on any atom is -0.427 e. The predicted molar refractivity (Wildman–Crippen MR) is 113 cm³/mol. The van der Waals surface area contributed by atoms with E-state index in [4.69, 9.17) is 4.74 Å². The van der Waals surface area contributed by atoms with Crippen molar-refractivity contribution in [2.75, 3.05) is 31.1 Å². The van der Waals surface area contributed by atoms with Crippen LogP contribution in [0, 0.1) is 0 Å². The second-order valence-electron chi connectivity index (χ2n) is 7.04. The zero-order valence-electron chi connectivity index (χ0n) is 16.7. The first-order valence-electron chi connectivity index (χ1n) is 9.82. The van der Waals surface area contributed by atoms with E-state index >= 15 is 0 Å². The zero-order chi connectivity index (χ0) is 20.9. The van der Waals surface area contributed by atoms with E-state index in [2.05, 4.69) is 15.1 Å². The molecule has 0 atom stereocenters. The van der Waals surface area contributed by atoms with Gasteiger partial charge in [0.15, 0.2) is 5.82 Å². The van der Waals surface area contributed by atoms with Gasteiger partial charge in [0.25, 0.3) is 5.91 Å². The maximum atomic E-state index is 12.8. The van der Waals surface area contributed by atoms with Crippen LogP contribution in [0.5, 0.6) is 5.75 Å². The number of amides is 1. The van der Waals surface area contributed by atoms with Crippen molar-refractivity contribution in [1.82, 2.24) is 15.1 Å². The molecule has 0 spiro atoms. The Morgan fingerprint density at radius 3 is 2.30 bits per heavy atom. The molecule has 30 heavy (non-hydrogen) atoms. The van der Waals surface area contributed by atoms with Gasteiger partial charge >= 0.3 is 5.97 Å². The van der Waals surface area contributed by atoms with Gasteiger partial charge in [-0.3, -0.25) is 9.59 Å². The normalized spacial score (nSPS) is 13.8. The van der Waals surface area contributed by atoms with E-state index in [0.29, 0.717) is 37.5 Å². The summed E-state index contributed by atoms with van der Waals surface area (Å²) in [4.78, 5) is 27.9. The van der Waals surface area contributed by atoms with Crippen LogP contribution in [0.3, 0.4) is 0 Å². The fraction of sp³-hybridized carbons (Fsp3) is 0.217. The SMILES string of the molecule is CC(=O)Oc1cccc(C(=O)N2CCN(c3ccc(-c4ccccc4)nn3)CC2)c1. The summed E-state index contributed by atoms with van der Waals surface area (Å²) in [5.41, 5.74) is 2.37. The predicted octanol–water partition coefficient (Wildman–Crippen LogP) is 3.03. The van der Waals surface area contributed by atoms with Gasteiger partial charge in [0.2, 0.25) is 0 Å². The molecule has 0 radical (unpaired) electrons. The molecule has 4 rings (SSSR count). The lowest BCUT2D eigenvalue weighted by molar-refractivity contribution is -0.131. The molecule has 7 nitrogen and oxygen atoms in total. The quantitative estimate of drug-likeness (QED) is 0.493. The van der Waals surface area contributed by atoms with E-state index in [1.807, 2.05) is 42.5 Å². The Labute approximate surface area is 174 Å². The van der Waals surface area contributed by atoms with Gasteiger partial charge in [-0.25, -0.2) is 0 Å². The van der Waals surface area contributed by atoms with Crippen molar-refractivity contribution in [1.29, 1.82) is 0 Å². The molecule has 7 heteroatoms. The van der Waals surface area contributed by atoms with Gasteiger partial charge in [0.05, 0.1) is 5.69 Å². The molecule has 1 amide bonds. The smallest absolute Gasteiger partial charge is 0.308 e. The monoisotopic (exact) mass is 402 g/mol. The van der Waals surface area contributed by atoms with Crippen LogP contribution in [0.4, 0.5) is 5.82 Å². The highest BCUT2D eigenvalue weighted by molar-refractivity contribution is 5.95. The van der Waals surface area contributed by atoms with Gasteiger partial charge < -0.3 is 14.5 Å². The number of rotatable bonds is 4. The number of hydrogen-bond donors (Lipinski definition) is 0. The van der Waals surface area contributed by atoms with E-state index in [1.54, 1.807) is 29.2 Å². The van der Waals surface area contributed by atoms with Gasteiger partial charge in [0.1, 0.15) is 5.75 Å². The van der Waals surface area contributed by atoms with Gasteiger partial charge in [0, 0.05) is 44.2 Å². The highest BCUT2D eigenvalue weighted by Gasteiger charge is 2.23. The number of piperazine rings is 1. The topological polar surface area (TPSA) is 75.6 Å². The lowest BCUT2D eigenvalue weighted by atomic mass is 10.1. The molecular weight excluding hydrogens is 380 g/mol. The van der Waals surface area contributed by atoms with Crippen molar-refractivity contribution in [2.24, 2.45) is 0 Å². The van der Waals surface area contributed by atoms with Crippen LogP contribution in [0.2, 0.25) is 0 Å². The third kappa shape index (κ3) is 4.46. The Morgan fingerprint density at radius 1 is 0.867 bits per heavy atom. The van der Waals surface area contributed by atoms with E-state index in [9.17, 15) is 9.59 Å². The van der Waals surface area contributed by atoms with Crippen LogP contribution >= 0.6 is 0 Å². The second kappa shape index (κ2) is 8.73. The summed E-state index contributed by atoms with van der Waals surface area (Å²) < 4.78 is 5.08. The number of benzene rings is 2. The summed E-state index contributed by atoms with van der Waals surface area (Å²) in [6, 6.07) is 20.6. The molecular formula is C23H22N4O3. The van der Waals surface area contributed by atoms with Gasteiger partial charge in [-0.15, -0.1) is 10.2 Å². The van der Waals surface area contributed by atoms with Crippen molar-refractivity contribution in [3.63, 3.8) is 0 Å². The number of esters is 1. The summed E-state index contributed by atoms with van der Waals surface area (Å²) in [5, 5.41) is 8.72. The fourth-order valence-electron chi connectivity index (χ4n) is 3.44. The Hall–Kier alpha value is -3.74. The highest BCUT2D eigenvalue weighted by atomic mass is 16.5. The molecule has 1 aromatic heterocycles. The summed E-state index contributed by atoms with van der Waals surface area (Å²) in [7, 11) is 0. The molecule has 0 saturated carbocycles. The van der Waals surface area contributed by atoms with Crippen molar-refractivity contribution < 1.29 is 14.3 Å². The van der Waals surface area contributed by atoms with E-state index in [0.717, 1.165) is 17.1 Å². The van der Waals surface area contributed by atoms with Crippen molar-refractivity contribution >= 4 is 17.7 Å². The molecule has 152 valence electrons. The van der Waals surface area contributed by atoms with Crippen LogP contribution in [0.1, 0.15) is 17.3 Å². The van der Waals surface area contributed by atoms with E-state index in [-0.39, 0.29) is 5.91 Å². The number of ether oxygens (including phenoxy) is 1. The fourth-order valence-corrected chi connectivity index (χ4v) is 3.44. The molecule has 0 aliphatic carbocycles. The van der Waals surface area contributed by atoms with Crippen LogP contribution < -0.4 is 9.64 Å². The molecule has 2 heterocycles. The lowest BCUT2D eigenvalue weighted by Gasteiger charge is -2.35. The lowest BCUT2D eigenvalue weighted by Crippen LogP contribution is -2.49. The third-order valence-corrected chi connectivity index (χ3v) is 4.95. The number of hydrogen-bond acceptors (Lipinski definition) is 6. The molecule has 1 saturated heterocycles. The molecule has 0 bridgehead atoms. The van der Waals surface area contributed by atoms with Crippen LogP contribution in [0.25, 0.3) is 11.3 Å². The van der Waals surface area contributed by atoms with E-state index < -0.39 is 5.97 Å². The minimum absolute atomic E-state index is 0.0749. The summed E-state index contributed by atoms with van der Waals surface area (Å²) in [5.74, 6) is 0.696. The van der Waals surface area contributed by atoms with Crippen molar-refractivity contribution in [2.45, 2.75) is 6.92 Å². The number of anilines is 1. The van der Waals surface area contributed by atoms with E-state index in [1.165, 1.54) is 6.92 Å². The Kier molecular flexibility index (Phi) is 5.70. The second-order valence-corrected chi connectivity index (χ2v) is 7.04. The maximum Gasteiger partial charge on any atom is 0.308 e. The molecule has 3 aromatic rings. The molecule has 1 aliphatic rings. The van der Waals surface area contributed by atoms with Crippen LogP contribution in [0.15, 0.2) is 66.7 Å². The zero-order valence-corrected chi connectivity index (χ0v) is 16.7. The third-order valence-electron chi connectivity index (χ3n) is 4.95. The number of nitrogens with zero attached hydrogens (tertiary/aromatic N) is 4. The largest absolute Gasteiger partial charge is 0.427 e. The van der Waals surface area contributed by atoms with Crippen molar-refractivity contribution in [3.8, 4) is 17.0 Å². The van der Waals surface area contributed by atoms with Crippen LogP contribution in [-0.4, -0.2) is 53.2 Å².